The number of aryl methyl sites for hydroxylation is 1. The summed E-state index contributed by atoms with van der Waals surface area (Å²) in [6.07, 6.45) is 0.0945. The number of H-pyrrole nitrogens is 1. The van der Waals surface area contributed by atoms with Crippen LogP contribution in [0.1, 0.15) is 69.2 Å². The molecule has 14 nitrogen and oxygen atoms in total. The summed E-state index contributed by atoms with van der Waals surface area (Å²) in [5.74, 6) is 0.858. The van der Waals surface area contributed by atoms with Crippen LogP contribution in [0.15, 0.2) is 94.6 Å². The molecule has 4 aromatic rings. The number of aromatic nitrogens is 2. The van der Waals surface area contributed by atoms with Gasteiger partial charge in [0.25, 0.3) is 14.1 Å². The molecule has 1 saturated heterocycles. The van der Waals surface area contributed by atoms with Crippen molar-refractivity contribution in [2.45, 2.75) is 102 Å². The Kier molecular flexibility index (Phi) is 14.1. The summed E-state index contributed by atoms with van der Waals surface area (Å²) in [6.45, 7) is 9.87. The van der Waals surface area contributed by atoms with Crippen molar-refractivity contribution in [1.29, 1.82) is 5.26 Å². The molecule has 2 N–H and O–H groups in total. The number of amides is 1. The highest BCUT2D eigenvalue weighted by Crippen LogP contribution is 2.55. The van der Waals surface area contributed by atoms with Crippen LogP contribution in [0.4, 0.5) is 0 Å². The van der Waals surface area contributed by atoms with Crippen molar-refractivity contribution in [3.05, 3.63) is 128 Å². The quantitative estimate of drug-likeness (QED) is 0.0692. The fraction of sp³-hybridized carbons (Fsp3) is 0.455. The number of nitrogens with one attached hydrogen (secondary N) is 2. The number of hydrogen-bond acceptors (Lipinski definition) is 11. The highest BCUT2D eigenvalue weighted by atomic mass is 31.2. The standard InChI is InChI=1S/C44H54N5O9P/c1-29(2)49(30(3)4)59(56-24-11-23-45)58-40-37-26-38(43(40,22-25-55-37)47-39(50)28-48-27-31(5)41(51)46-42(48)52)57-44(32-12-9-8-10-13-32,33-14-18-35(53-6)19-15-33)34-16-20-36(54-7)21-17-34/h8-10,12-21,27,29-30,37-38,40H,11,22,24-26,28H2,1-7H3,(H,47,50)(H,46,51,52)/t37-,38+,40+,43-,59?/m0/s1. The molecule has 6 rings (SSSR count). The lowest BCUT2D eigenvalue weighted by Crippen LogP contribution is -2.66. The lowest BCUT2D eigenvalue weighted by atomic mass is 9.78. The van der Waals surface area contributed by atoms with E-state index in [2.05, 4.69) is 48.7 Å². The molecule has 2 fully saturated rings. The number of hydrogen-bond donors (Lipinski definition) is 2. The van der Waals surface area contributed by atoms with Gasteiger partial charge in [-0.05, 0) is 82.0 Å². The second-order valence-electron chi connectivity index (χ2n) is 15.4. The predicted molar refractivity (Wildman–Crippen MR) is 223 cm³/mol. The third kappa shape index (κ3) is 9.16. The van der Waals surface area contributed by atoms with Gasteiger partial charge in [0.2, 0.25) is 5.91 Å². The smallest absolute Gasteiger partial charge is 0.328 e. The summed E-state index contributed by atoms with van der Waals surface area (Å²) >= 11 is 0. The number of nitrogens with zero attached hydrogens (tertiary/aromatic N) is 3. The zero-order chi connectivity index (χ0) is 42.3. The van der Waals surface area contributed by atoms with Crippen LogP contribution in [0, 0.1) is 18.3 Å². The average Bonchev–Trinajstić information content (AvgIpc) is 3.36. The number of fused-ring (bicyclic) bond motifs is 2. The molecule has 59 heavy (non-hydrogen) atoms. The summed E-state index contributed by atoms with van der Waals surface area (Å²) in [7, 11) is 1.44. The van der Waals surface area contributed by atoms with Gasteiger partial charge in [-0.2, -0.15) is 5.26 Å². The first kappa shape index (κ1) is 43.7. The van der Waals surface area contributed by atoms with E-state index in [-0.39, 0.29) is 38.3 Å². The van der Waals surface area contributed by atoms with E-state index in [1.165, 1.54) is 10.8 Å². The van der Waals surface area contributed by atoms with Crippen molar-refractivity contribution in [2.75, 3.05) is 27.4 Å². The predicted octanol–water partition coefficient (Wildman–Crippen LogP) is 5.95. The fourth-order valence-corrected chi connectivity index (χ4v) is 10.1. The molecule has 314 valence electrons. The maximum atomic E-state index is 14.5. The molecule has 1 unspecified atom stereocenters. The summed E-state index contributed by atoms with van der Waals surface area (Å²) in [5.41, 5.74) is -0.969. The van der Waals surface area contributed by atoms with E-state index < -0.39 is 55.1 Å². The number of ether oxygens (including phenoxy) is 4. The number of rotatable bonds is 18. The van der Waals surface area contributed by atoms with Crippen LogP contribution >= 0.6 is 8.53 Å². The Morgan fingerprint density at radius 2 is 1.58 bits per heavy atom. The van der Waals surface area contributed by atoms with E-state index in [1.807, 2.05) is 78.9 Å². The van der Waals surface area contributed by atoms with Crippen molar-refractivity contribution in [3.8, 4) is 17.6 Å². The summed E-state index contributed by atoms with van der Waals surface area (Å²) in [5, 5.41) is 12.8. The van der Waals surface area contributed by atoms with Crippen molar-refractivity contribution in [3.63, 3.8) is 0 Å². The summed E-state index contributed by atoms with van der Waals surface area (Å²) in [4.78, 5) is 41.9. The SMILES string of the molecule is COc1ccc(C(O[C@@H]2C[C@@H]3OCC[C@@]2(NC(=O)Cn2cc(C)c(=O)[nH]c2=O)[C@@H]3OP(OCCC#N)N(C(C)C)C(C)C)(c2ccccc2)c2ccc(OC)cc2)cc1. The molecular weight excluding hydrogens is 773 g/mol. The zero-order valence-corrected chi connectivity index (χ0v) is 35.6. The minimum absolute atomic E-state index is 0.00849. The first-order chi connectivity index (χ1) is 28.4. The first-order valence-electron chi connectivity index (χ1n) is 19.9. The number of aromatic amines is 1. The Hall–Kier alpha value is -4.87. The lowest BCUT2D eigenvalue weighted by Gasteiger charge is -2.48. The maximum Gasteiger partial charge on any atom is 0.328 e. The van der Waals surface area contributed by atoms with Gasteiger partial charge in [-0.25, -0.2) is 9.46 Å². The van der Waals surface area contributed by atoms with E-state index in [0.717, 1.165) is 16.7 Å². The average molecular weight is 828 g/mol. The third-order valence-electron chi connectivity index (χ3n) is 10.9. The fourth-order valence-electron chi connectivity index (χ4n) is 8.25. The highest BCUT2D eigenvalue weighted by Gasteiger charge is 2.63. The molecule has 1 aromatic heterocycles. The molecule has 0 spiro atoms. The van der Waals surface area contributed by atoms with E-state index in [4.69, 9.17) is 28.0 Å². The van der Waals surface area contributed by atoms with Gasteiger partial charge >= 0.3 is 5.69 Å². The largest absolute Gasteiger partial charge is 0.497 e. The van der Waals surface area contributed by atoms with Crippen LogP contribution in [0.5, 0.6) is 11.5 Å². The maximum absolute atomic E-state index is 14.5. The topological polar surface area (TPSA) is 166 Å². The molecule has 0 radical (unpaired) electrons. The van der Waals surface area contributed by atoms with Gasteiger partial charge < -0.3 is 33.3 Å². The molecule has 2 heterocycles. The number of carbonyl (C=O) groups excluding carboxylic acids is 1. The second kappa shape index (κ2) is 19.0. The van der Waals surface area contributed by atoms with Crippen LogP contribution < -0.4 is 26.0 Å². The number of nitriles is 1. The molecule has 15 heteroatoms. The van der Waals surface area contributed by atoms with Crippen LogP contribution in [0.25, 0.3) is 0 Å². The van der Waals surface area contributed by atoms with Gasteiger partial charge in [0.15, 0.2) is 0 Å². The molecule has 3 aromatic carbocycles. The summed E-state index contributed by atoms with van der Waals surface area (Å²) < 4.78 is 42.2. The van der Waals surface area contributed by atoms with Gasteiger partial charge in [-0.3, -0.25) is 19.1 Å². The number of benzene rings is 3. The normalized spacial score (nSPS) is 20.7. The molecule has 2 aliphatic rings. The molecular formula is C44H54N5O9P. The molecule has 1 aliphatic heterocycles. The Balaban J connectivity index is 1.53. The zero-order valence-electron chi connectivity index (χ0n) is 34.7. The van der Waals surface area contributed by atoms with Gasteiger partial charge in [0.1, 0.15) is 29.7 Å². The van der Waals surface area contributed by atoms with E-state index in [9.17, 15) is 19.6 Å². The molecule has 1 aliphatic carbocycles. The molecule has 1 saturated carbocycles. The van der Waals surface area contributed by atoms with Gasteiger partial charge in [0.05, 0.1) is 51.1 Å². The Morgan fingerprint density at radius 1 is 0.983 bits per heavy atom. The van der Waals surface area contributed by atoms with Crippen molar-refractivity contribution in [1.82, 2.24) is 19.5 Å². The highest BCUT2D eigenvalue weighted by molar-refractivity contribution is 7.44. The Labute approximate surface area is 346 Å². The van der Waals surface area contributed by atoms with Crippen LogP contribution in [-0.4, -0.2) is 83.5 Å². The Bertz CT molecular complexity index is 2130. The third-order valence-corrected chi connectivity index (χ3v) is 13.1. The van der Waals surface area contributed by atoms with Crippen molar-refractivity contribution < 1.29 is 32.8 Å². The van der Waals surface area contributed by atoms with Crippen molar-refractivity contribution >= 4 is 14.4 Å². The Morgan fingerprint density at radius 3 is 2.14 bits per heavy atom. The van der Waals surface area contributed by atoms with E-state index in [1.54, 1.807) is 21.1 Å². The van der Waals surface area contributed by atoms with Gasteiger partial charge in [-0.1, -0.05) is 54.6 Å². The van der Waals surface area contributed by atoms with Gasteiger partial charge in [0, 0.05) is 36.9 Å². The molecule has 5 atom stereocenters. The number of methoxy groups -OCH3 is 2. The molecule has 2 bridgehead atoms. The van der Waals surface area contributed by atoms with E-state index in [0.29, 0.717) is 29.9 Å². The van der Waals surface area contributed by atoms with Gasteiger partial charge in [-0.15, -0.1) is 0 Å². The first-order valence-corrected chi connectivity index (χ1v) is 21.0. The monoisotopic (exact) mass is 827 g/mol. The molecule has 1 amide bonds. The minimum Gasteiger partial charge on any atom is -0.497 e. The van der Waals surface area contributed by atoms with Crippen molar-refractivity contribution in [2.24, 2.45) is 0 Å². The minimum atomic E-state index is -1.79. The van der Waals surface area contributed by atoms with Crippen LogP contribution in [0.3, 0.4) is 0 Å². The lowest BCUT2D eigenvalue weighted by molar-refractivity contribution is -0.141. The van der Waals surface area contributed by atoms with E-state index >= 15 is 0 Å². The van der Waals surface area contributed by atoms with Crippen LogP contribution in [0.2, 0.25) is 0 Å². The number of carbonyl (C=O) groups is 1. The second-order valence-corrected chi connectivity index (χ2v) is 16.8. The van der Waals surface area contributed by atoms with Crippen LogP contribution in [-0.2, 0) is 35.5 Å². The summed E-state index contributed by atoms with van der Waals surface area (Å²) in [6, 6.07) is 27.5.